The maximum atomic E-state index is 4.99. The van der Waals surface area contributed by atoms with Crippen molar-refractivity contribution in [2.24, 2.45) is 0 Å². The van der Waals surface area contributed by atoms with Gasteiger partial charge >= 0.3 is 42.1 Å². The van der Waals surface area contributed by atoms with Crippen LogP contribution in [0.3, 0.4) is 0 Å². The fourth-order valence-corrected chi connectivity index (χ4v) is 0.534. The topological polar surface area (TPSA) is 0 Å². The number of halogens is 3. The molecular formula is C7H8Cl3Ga. The summed E-state index contributed by atoms with van der Waals surface area (Å²) in [5.41, 5.74) is 1.32. The third-order valence-corrected chi connectivity index (χ3v) is 0.940. The second kappa shape index (κ2) is 7.38. The van der Waals surface area contributed by atoms with Crippen molar-refractivity contribution in [2.45, 2.75) is 6.92 Å². The Bertz CT molecular complexity index is 174. The Labute approximate surface area is 84.6 Å². The molecular weight excluding hydrogens is 260 g/mol. The SMILES string of the molecule is Cc1ccccc1.[Cl][Ga]([Cl])[Cl]. The van der Waals surface area contributed by atoms with Crippen LogP contribution in [0.5, 0.6) is 0 Å². The fraction of sp³-hybridized carbons (Fsp3) is 0.143. The molecule has 0 spiro atoms. The van der Waals surface area contributed by atoms with Crippen molar-refractivity contribution in [2.75, 3.05) is 0 Å². The van der Waals surface area contributed by atoms with Gasteiger partial charge in [0.05, 0.1) is 0 Å². The van der Waals surface area contributed by atoms with Crippen molar-refractivity contribution in [3.8, 4) is 0 Å². The van der Waals surface area contributed by atoms with E-state index in [2.05, 4.69) is 19.1 Å². The first-order chi connectivity index (χ1) is 5.13. The molecule has 0 bridgehead atoms. The minimum atomic E-state index is -2.06. The van der Waals surface area contributed by atoms with E-state index in [0.717, 1.165) is 0 Å². The Morgan fingerprint density at radius 1 is 1.00 bits per heavy atom. The van der Waals surface area contributed by atoms with E-state index in [-0.39, 0.29) is 0 Å². The summed E-state index contributed by atoms with van der Waals surface area (Å²) >= 11 is -2.06. The van der Waals surface area contributed by atoms with Gasteiger partial charge in [-0.2, -0.15) is 0 Å². The van der Waals surface area contributed by atoms with E-state index in [1.165, 1.54) is 5.56 Å². The second-order valence-corrected chi connectivity index (χ2v) is 13.2. The molecule has 0 aromatic heterocycles. The van der Waals surface area contributed by atoms with Crippen LogP contribution >= 0.6 is 28.9 Å². The number of hydrogen-bond donors (Lipinski definition) is 0. The van der Waals surface area contributed by atoms with Gasteiger partial charge in [-0.1, -0.05) is 35.9 Å². The molecule has 0 atom stereocenters. The van der Waals surface area contributed by atoms with Crippen LogP contribution in [0.25, 0.3) is 0 Å². The van der Waals surface area contributed by atoms with E-state index >= 15 is 0 Å². The molecule has 0 unspecified atom stereocenters. The first-order valence-electron chi connectivity index (χ1n) is 3.07. The van der Waals surface area contributed by atoms with Crippen molar-refractivity contribution in [1.29, 1.82) is 0 Å². The molecule has 1 aromatic carbocycles. The molecule has 4 heteroatoms. The molecule has 1 rings (SSSR count). The van der Waals surface area contributed by atoms with Crippen molar-refractivity contribution < 1.29 is 0 Å². The van der Waals surface area contributed by atoms with E-state index in [9.17, 15) is 0 Å². The molecule has 1 aromatic rings. The summed E-state index contributed by atoms with van der Waals surface area (Å²) in [5.74, 6) is 0. The van der Waals surface area contributed by atoms with Crippen molar-refractivity contribution in [1.82, 2.24) is 0 Å². The molecule has 0 saturated heterocycles. The molecule has 0 amide bonds. The zero-order chi connectivity index (χ0) is 8.69. The molecule has 0 N–H and O–H groups in total. The van der Waals surface area contributed by atoms with E-state index < -0.39 is 13.2 Å². The third kappa shape index (κ3) is 10.7. The monoisotopic (exact) mass is 266 g/mol. The molecule has 0 aliphatic carbocycles. The third-order valence-electron chi connectivity index (χ3n) is 0.940. The maximum absolute atomic E-state index is 4.99. The van der Waals surface area contributed by atoms with Crippen LogP contribution < -0.4 is 0 Å². The van der Waals surface area contributed by atoms with Gasteiger partial charge in [0, 0.05) is 0 Å². The Morgan fingerprint density at radius 3 is 1.55 bits per heavy atom. The van der Waals surface area contributed by atoms with Gasteiger partial charge in [0.25, 0.3) is 0 Å². The first kappa shape index (κ1) is 11.7. The summed E-state index contributed by atoms with van der Waals surface area (Å²) in [4.78, 5) is 0. The molecule has 0 aliphatic rings. The second-order valence-electron chi connectivity index (χ2n) is 1.90. The molecule has 0 heterocycles. The summed E-state index contributed by atoms with van der Waals surface area (Å²) < 4.78 is 0. The van der Waals surface area contributed by atoms with Gasteiger partial charge in [-0.05, 0) is 6.92 Å². The van der Waals surface area contributed by atoms with Gasteiger partial charge in [0.1, 0.15) is 0 Å². The van der Waals surface area contributed by atoms with Crippen LogP contribution in [-0.4, -0.2) is 13.2 Å². The van der Waals surface area contributed by atoms with Crippen LogP contribution in [0.1, 0.15) is 5.56 Å². The number of hydrogen-bond acceptors (Lipinski definition) is 0. The molecule has 0 radical (unpaired) electrons. The fourth-order valence-electron chi connectivity index (χ4n) is 0.534. The quantitative estimate of drug-likeness (QED) is 0.630. The summed E-state index contributed by atoms with van der Waals surface area (Å²) in [5, 5.41) is 0. The summed E-state index contributed by atoms with van der Waals surface area (Å²) in [6.07, 6.45) is 0. The van der Waals surface area contributed by atoms with Crippen molar-refractivity contribution >= 4 is 42.1 Å². The van der Waals surface area contributed by atoms with Gasteiger partial charge in [-0.25, -0.2) is 0 Å². The van der Waals surface area contributed by atoms with Crippen LogP contribution in [0, 0.1) is 6.92 Å². The van der Waals surface area contributed by atoms with Crippen LogP contribution in [0.4, 0.5) is 0 Å². The predicted octanol–water partition coefficient (Wildman–Crippen LogP) is 3.68. The molecule has 11 heavy (non-hydrogen) atoms. The Hall–Kier alpha value is 0.726. The number of aryl methyl sites for hydroxylation is 1. The predicted molar refractivity (Wildman–Crippen MR) is 54.5 cm³/mol. The van der Waals surface area contributed by atoms with Crippen LogP contribution in [-0.2, 0) is 0 Å². The Kier molecular flexibility index (Phi) is 7.87. The Balaban J connectivity index is 0.000000218. The standard InChI is InChI=1S/C7H8.3ClH.Ga/c1-7-5-3-2-4-6-7;;;;/h2-6H,1H3;3*1H;/q;;;;+3/p-3. The van der Waals surface area contributed by atoms with Crippen LogP contribution in [0.15, 0.2) is 30.3 Å². The number of benzene rings is 1. The van der Waals surface area contributed by atoms with Gasteiger partial charge in [-0.15, -0.1) is 0 Å². The van der Waals surface area contributed by atoms with E-state index in [1.54, 1.807) is 0 Å². The first-order valence-corrected chi connectivity index (χ1v) is 12.6. The average molecular weight is 268 g/mol. The normalized spacial score (nSPS) is 8.00. The van der Waals surface area contributed by atoms with Gasteiger partial charge < -0.3 is 0 Å². The van der Waals surface area contributed by atoms with Gasteiger partial charge in [0.15, 0.2) is 0 Å². The summed E-state index contributed by atoms with van der Waals surface area (Å²) in [7, 11) is 15.0. The average Bonchev–Trinajstić information content (AvgIpc) is 1.87. The molecule has 0 saturated carbocycles. The van der Waals surface area contributed by atoms with Crippen LogP contribution in [0.2, 0.25) is 0 Å². The summed E-state index contributed by atoms with van der Waals surface area (Å²) in [6, 6.07) is 10.3. The molecule has 0 nitrogen and oxygen atoms in total. The zero-order valence-electron chi connectivity index (χ0n) is 6.10. The van der Waals surface area contributed by atoms with Gasteiger partial charge in [-0.3, -0.25) is 0 Å². The molecule has 60 valence electrons. The minimum absolute atomic E-state index is 1.32. The van der Waals surface area contributed by atoms with Gasteiger partial charge in [0.2, 0.25) is 0 Å². The Morgan fingerprint density at radius 2 is 1.36 bits per heavy atom. The van der Waals surface area contributed by atoms with E-state index in [1.807, 2.05) is 18.2 Å². The summed E-state index contributed by atoms with van der Waals surface area (Å²) in [6.45, 7) is 2.08. The zero-order valence-corrected chi connectivity index (χ0v) is 10.8. The van der Waals surface area contributed by atoms with E-state index in [0.29, 0.717) is 0 Å². The van der Waals surface area contributed by atoms with Crippen molar-refractivity contribution in [3.05, 3.63) is 35.9 Å². The molecule has 0 aliphatic heterocycles. The van der Waals surface area contributed by atoms with E-state index in [4.69, 9.17) is 28.9 Å². The number of rotatable bonds is 0. The van der Waals surface area contributed by atoms with Crippen molar-refractivity contribution in [3.63, 3.8) is 0 Å². The molecule has 0 fully saturated rings.